The minimum Gasteiger partial charge on any atom is -0.481 e. The maximum Gasteiger partial charge on any atom is 0.326 e. The number of nitrogens with zero attached hydrogens (tertiary/aromatic N) is 1. The molecule has 1 saturated heterocycles. The summed E-state index contributed by atoms with van der Waals surface area (Å²) in [6.07, 6.45) is -0.759. The van der Waals surface area contributed by atoms with Crippen LogP contribution in [0.25, 0.3) is 0 Å². The number of hydrogen-bond donors (Lipinski definition) is 4. The predicted molar refractivity (Wildman–Crippen MR) is 99.5 cm³/mol. The fourth-order valence-corrected chi connectivity index (χ4v) is 4.14. The van der Waals surface area contributed by atoms with Crippen LogP contribution >= 0.6 is 0 Å². The zero-order valence-corrected chi connectivity index (χ0v) is 16.3. The summed E-state index contributed by atoms with van der Waals surface area (Å²) in [5.41, 5.74) is 6.34. The fraction of sp³-hybridized carbons (Fsp3) is 0.471. The van der Waals surface area contributed by atoms with Crippen molar-refractivity contribution >= 4 is 27.9 Å². The Hall–Kier alpha value is -2.54. The van der Waals surface area contributed by atoms with Crippen LogP contribution in [0.15, 0.2) is 29.2 Å². The van der Waals surface area contributed by atoms with E-state index in [4.69, 9.17) is 20.7 Å². The van der Waals surface area contributed by atoms with Crippen molar-refractivity contribution in [3.05, 3.63) is 29.8 Å². The van der Waals surface area contributed by atoms with E-state index in [0.717, 1.165) is 0 Å². The van der Waals surface area contributed by atoms with E-state index in [1.165, 1.54) is 28.6 Å². The Morgan fingerprint density at radius 3 is 2.24 bits per heavy atom. The van der Waals surface area contributed by atoms with Gasteiger partial charge in [0.2, 0.25) is 15.9 Å². The number of carboxylic acids is 2. The number of amides is 1. The first-order valence-electron chi connectivity index (χ1n) is 8.78. The molecule has 2 atom stereocenters. The van der Waals surface area contributed by atoms with E-state index in [1.54, 1.807) is 0 Å². The molecule has 1 aromatic carbocycles. The number of carbonyl (C=O) groups excluding carboxylic acids is 1. The van der Waals surface area contributed by atoms with Gasteiger partial charge in [0.05, 0.1) is 30.6 Å². The third-order valence-corrected chi connectivity index (χ3v) is 6.23. The van der Waals surface area contributed by atoms with Gasteiger partial charge in [-0.15, -0.1) is 0 Å². The van der Waals surface area contributed by atoms with Gasteiger partial charge in [-0.3, -0.25) is 9.59 Å². The molecule has 1 aromatic rings. The van der Waals surface area contributed by atoms with Gasteiger partial charge in [0.15, 0.2) is 0 Å². The van der Waals surface area contributed by atoms with Crippen LogP contribution in [0.5, 0.6) is 0 Å². The normalized spacial score (nSPS) is 17.3. The summed E-state index contributed by atoms with van der Waals surface area (Å²) >= 11 is 0. The zero-order valence-electron chi connectivity index (χ0n) is 15.5. The molecule has 0 aliphatic carbocycles. The second-order valence-electron chi connectivity index (χ2n) is 6.47. The van der Waals surface area contributed by atoms with Gasteiger partial charge in [0, 0.05) is 13.1 Å². The van der Waals surface area contributed by atoms with E-state index in [-0.39, 0.29) is 24.4 Å². The van der Waals surface area contributed by atoms with Crippen LogP contribution in [0, 0.1) is 0 Å². The molecule has 5 N–H and O–H groups in total. The molecule has 1 aliphatic rings. The van der Waals surface area contributed by atoms with Crippen molar-refractivity contribution in [3.63, 3.8) is 0 Å². The second kappa shape index (κ2) is 9.78. The average Bonchev–Trinajstić information content (AvgIpc) is 2.68. The van der Waals surface area contributed by atoms with Crippen molar-refractivity contribution in [2.45, 2.75) is 29.8 Å². The number of ether oxygens (including phenoxy) is 1. The number of carboxylic acid groups (broad SMARTS) is 2. The first kappa shape index (κ1) is 22.7. The Balaban J connectivity index is 2.00. The molecule has 1 amide bonds. The number of hydrogen-bond acceptors (Lipinski definition) is 7. The van der Waals surface area contributed by atoms with Crippen molar-refractivity contribution < 1.29 is 37.8 Å². The van der Waals surface area contributed by atoms with Crippen LogP contribution in [0.3, 0.4) is 0 Å². The molecule has 0 aromatic heterocycles. The Labute approximate surface area is 167 Å². The number of morpholine rings is 1. The molecule has 29 heavy (non-hydrogen) atoms. The molecule has 11 nitrogen and oxygen atoms in total. The Morgan fingerprint density at radius 1 is 1.14 bits per heavy atom. The first-order chi connectivity index (χ1) is 13.6. The molecule has 160 valence electrons. The van der Waals surface area contributed by atoms with Crippen molar-refractivity contribution in [3.8, 4) is 0 Å². The molecule has 1 aliphatic heterocycles. The highest BCUT2D eigenvalue weighted by Gasteiger charge is 2.27. The van der Waals surface area contributed by atoms with E-state index in [2.05, 4.69) is 5.32 Å². The predicted octanol–water partition coefficient (Wildman–Crippen LogP) is -1.38. The molecular formula is C17H23N3O8S. The maximum absolute atomic E-state index is 12.6. The molecule has 0 radical (unpaired) electrons. The number of rotatable bonds is 9. The van der Waals surface area contributed by atoms with Gasteiger partial charge in [0.25, 0.3) is 0 Å². The van der Waals surface area contributed by atoms with Gasteiger partial charge in [-0.25, -0.2) is 13.2 Å². The summed E-state index contributed by atoms with van der Waals surface area (Å²) < 4.78 is 31.6. The highest BCUT2D eigenvalue weighted by atomic mass is 32.2. The van der Waals surface area contributed by atoms with Crippen molar-refractivity contribution in [1.82, 2.24) is 9.62 Å². The summed E-state index contributed by atoms with van der Waals surface area (Å²) in [4.78, 5) is 33.9. The standard InChI is InChI=1S/C17H23N3O8S/c18-13(16(23)19-14(17(24)25)10-15(21)22)9-11-1-3-12(4-2-11)29(26,27)20-5-7-28-8-6-20/h1-4,13-14H,5-10,18H2,(H,19,23)(H,21,22)(H,24,25)/t13-,14?/m0/s1. The van der Waals surface area contributed by atoms with E-state index in [1.807, 2.05) is 0 Å². The lowest BCUT2D eigenvalue weighted by molar-refractivity contribution is -0.147. The molecule has 1 unspecified atom stereocenters. The lowest BCUT2D eigenvalue weighted by atomic mass is 10.1. The summed E-state index contributed by atoms with van der Waals surface area (Å²) in [5.74, 6) is -3.67. The molecule has 12 heteroatoms. The summed E-state index contributed by atoms with van der Waals surface area (Å²) in [6.45, 7) is 1.22. The number of sulfonamides is 1. The van der Waals surface area contributed by atoms with E-state index in [0.29, 0.717) is 18.8 Å². The molecule has 2 rings (SSSR count). The van der Waals surface area contributed by atoms with Gasteiger partial charge in [-0.1, -0.05) is 12.1 Å². The van der Waals surface area contributed by atoms with Crippen molar-refractivity contribution in [1.29, 1.82) is 0 Å². The summed E-state index contributed by atoms with van der Waals surface area (Å²) in [7, 11) is -3.64. The maximum atomic E-state index is 12.6. The minimum atomic E-state index is -3.64. The Bertz CT molecular complexity index is 850. The van der Waals surface area contributed by atoms with Crippen LogP contribution in [0.1, 0.15) is 12.0 Å². The van der Waals surface area contributed by atoms with Crippen LogP contribution in [0.2, 0.25) is 0 Å². The van der Waals surface area contributed by atoms with Crippen LogP contribution < -0.4 is 11.1 Å². The van der Waals surface area contributed by atoms with Crippen molar-refractivity contribution in [2.24, 2.45) is 5.73 Å². The molecular weight excluding hydrogens is 406 g/mol. The fourth-order valence-electron chi connectivity index (χ4n) is 2.73. The van der Waals surface area contributed by atoms with Crippen LogP contribution in [0.4, 0.5) is 0 Å². The van der Waals surface area contributed by atoms with Gasteiger partial charge < -0.3 is 26.0 Å². The van der Waals surface area contributed by atoms with E-state index in [9.17, 15) is 22.8 Å². The lowest BCUT2D eigenvalue weighted by Gasteiger charge is -2.26. The third-order valence-electron chi connectivity index (χ3n) is 4.32. The molecule has 1 fully saturated rings. The smallest absolute Gasteiger partial charge is 0.326 e. The number of aliphatic carboxylic acids is 2. The number of benzene rings is 1. The van der Waals surface area contributed by atoms with Gasteiger partial charge >= 0.3 is 11.9 Å². The zero-order chi connectivity index (χ0) is 21.6. The number of nitrogens with two attached hydrogens (primary N) is 1. The highest BCUT2D eigenvalue weighted by Crippen LogP contribution is 2.18. The summed E-state index contributed by atoms with van der Waals surface area (Å²) in [6, 6.07) is 3.14. The molecule has 1 heterocycles. The molecule has 0 spiro atoms. The van der Waals surface area contributed by atoms with Crippen LogP contribution in [-0.4, -0.2) is 79.2 Å². The van der Waals surface area contributed by atoms with Gasteiger partial charge in [0.1, 0.15) is 6.04 Å². The summed E-state index contributed by atoms with van der Waals surface area (Å²) in [5, 5.41) is 19.8. The average molecular weight is 429 g/mol. The third kappa shape index (κ3) is 6.22. The van der Waals surface area contributed by atoms with Crippen LogP contribution in [-0.2, 0) is 35.6 Å². The van der Waals surface area contributed by atoms with E-state index < -0.39 is 46.4 Å². The number of nitrogens with one attached hydrogen (secondary N) is 1. The second-order valence-corrected chi connectivity index (χ2v) is 8.41. The van der Waals surface area contributed by atoms with Crippen molar-refractivity contribution in [2.75, 3.05) is 26.3 Å². The Kier molecular flexibility index (Phi) is 7.67. The van der Waals surface area contributed by atoms with E-state index >= 15 is 0 Å². The number of carbonyl (C=O) groups is 3. The minimum absolute atomic E-state index is 0.0170. The monoisotopic (exact) mass is 429 g/mol. The largest absolute Gasteiger partial charge is 0.481 e. The molecule has 0 bridgehead atoms. The highest BCUT2D eigenvalue weighted by molar-refractivity contribution is 7.89. The van der Waals surface area contributed by atoms with Gasteiger partial charge in [-0.2, -0.15) is 4.31 Å². The lowest BCUT2D eigenvalue weighted by Crippen LogP contribution is -2.49. The quantitative estimate of drug-likeness (QED) is 0.368. The first-order valence-corrected chi connectivity index (χ1v) is 10.2. The molecule has 0 saturated carbocycles. The SMILES string of the molecule is N[C@@H](Cc1ccc(S(=O)(=O)N2CCOCC2)cc1)C(=O)NC(CC(=O)O)C(=O)O. The Morgan fingerprint density at radius 2 is 1.72 bits per heavy atom. The van der Waals surface area contributed by atoms with Gasteiger partial charge in [-0.05, 0) is 24.1 Å². The topological polar surface area (TPSA) is 176 Å².